The molecule has 0 aliphatic rings. The van der Waals surface area contributed by atoms with Crippen molar-refractivity contribution in [2.24, 2.45) is 0 Å². The van der Waals surface area contributed by atoms with Crippen LogP contribution in [0, 0.1) is 17.0 Å². The lowest BCUT2D eigenvalue weighted by atomic mass is 10.1. The molecular weight excluding hydrogens is 358 g/mol. The van der Waals surface area contributed by atoms with Gasteiger partial charge in [0.1, 0.15) is 17.1 Å². The minimum Gasteiger partial charge on any atom is -0.495 e. The minimum atomic E-state index is -1.17. The molecule has 1 atom stereocenters. The average Bonchev–Trinajstić information content (AvgIpc) is 3.02. The second-order valence-corrected chi connectivity index (χ2v) is 5.59. The third-order valence-electron chi connectivity index (χ3n) is 3.78. The Labute approximate surface area is 154 Å². The van der Waals surface area contributed by atoms with Gasteiger partial charge in [0, 0.05) is 12.1 Å². The summed E-state index contributed by atoms with van der Waals surface area (Å²) >= 11 is 0. The van der Waals surface area contributed by atoms with E-state index in [1.165, 1.54) is 26.2 Å². The zero-order chi connectivity index (χ0) is 20.1. The van der Waals surface area contributed by atoms with Crippen LogP contribution in [0.25, 0.3) is 0 Å². The third kappa shape index (κ3) is 4.40. The van der Waals surface area contributed by atoms with Gasteiger partial charge in [-0.2, -0.15) is 0 Å². The van der Waals surface area contributed by atoms with Crippen LogP contribution < -0.4 is 10.1 Å². The van der Waals surface area contributed by atoms with Crippen molar-refractivity contribution in [3.63, 3.8) is 0 Å². The molecule has 10 heteroatoms. The predicted octanol–water partition coefficient (Wildman–Crippen LogP) is 2.65. The minimum absolute atomic E-state index is 0.0926. The fourth-order valence-electron chi connectivity index (χ4n) is 2.34. The smallest absolute Gasteiger partial charge is 0.344 e. The molecule has 1 amide bonds. The second-order valence-electron chi connectivity index (χ2n) is 5.59. The van der Waals surface area contributed by atoms with Crippen LogP contribution in [0.3, 0.4) is 0 Å². The number of aromatic nitrogens is 1. The standard InChI is InChI=1S/C17H19N3O7/c1-5-12-15(9(2)27-19-12)17(22)26-10(3)16(21)18-13-8-11(20(23)24)6-7-14(13)25-4/h6-8,10H,5H2,1-4H3,(H,18,21)/t10-/m0/s1. The summed E-state index contributed by atoms with van der Waals surface area (Å²) in [5.41, 5.74) is 0.494. The predicted molar refractivity (Wildman–Crippen MR) is 93.8 cm³/mol. The molecule has 144 valence electrons. The molecule has 0 saturated heterocycles. The van der Waals surface area contributed by atoms with Crippen molar-refractivity contribution in [1.29, 1.82) is 0 Å². The Hall–Kier alpha value is -3.43. The topological polar surface area (TPSA) is 134 Å². The number of anilines is 1. The monoisotopic (exact) mass is 377 g/mol. The Morgan fingerprint density at radius 2 is 2.11 bits per heavy atom. The van der Waals surface area contributed by atoms with E-state index in [0.29, 0.717) is 17.9 Å². The molecule has 0 aliphatic heterocycles. The largest absolute Gasteiger partial charge is 0.495 e. The summed E-state index contributed by atoms with van der Waals surface area (Å²) in [7, 11) is 1.36. The van der Waals surface area contributed by atoms with Gasteiger partial charge in [-0.3, -0.25) is 14.9 Å². The van der Waals surface area contributed by atoms with Crippen molar-refractivity contribution < 1.29 is 28.5 Å². The molecule has 27 heavy (non-hydrogen) atoms. The molecule has 1 aromatic heterocycles. The van der Waals surface area contributed by atoms with E-state index >= 15 is 0 Å². The summed E-state index contributed by atoms with van der Waals surface area (Å²) in [5, 5.41) is 17.1. The van der Waals surface area contributed by atoms with Gasteiger partial charge < -0.3 is 19.3 Å². The summed E-state index contributed by atoms with van der Waals surface area (Å²) in [4.78, 5) is 35.0. The third-order valence-corrected chi connectivity index (χ3v) is 3.78. The first kappa shape index (κ1) is 19.9. The number of benzene rings is 1. The Morgan fingerprint density at radius 1 is 1.41 bits per heavy atom. The normalized spacial score (nSPS) is 11.6. The van der Waals surface area contributed by atoms with Gasteiger partial charge >= 0.3 is 5.97 Å². The summed E-state index contributed by atoms with van der Waals surface area (Å²) in [6, 6.07) is 3.77. The number of nitro benzene ring substituents is 1. The van der Waals surface area contributed by atoms with Crippen LogP contribution in [0.15, 0.2) is 22.7 Å². The van der Waals surface area contributed by atoms with Gasteiger partial charge in [-0.05, 0) is 26.3 Å². The van der Waals surface area contributed by atoms with Crippen molar-refractivity contribution in [3.05, 3.63) is 45.3 Å². The van der Waals surface area contributed by atoms with E-state index in [9.17, 15) is 19.7 Å². The molecule has 0 saturated carbocycles. The highest BCUT2D eigenvalue weighted by atomic mass is 16.6. The Morgan fingerprint density at radius 3 is 2.70 bits per heavy atom. The molecule has 0 bridgehead atoms. The van der Waals surface area contributed by atoms with E-state index in [1.807, 2.05) is 0 Å². The number of hydrogen-bond acceptors (Lipinski definition) is 8. The van der Waals surface area contributed by atoms with Crippen LogP contribution in [0.4, 0.5) is 11.4 Å². The maximum atomic E-state index is 12.4. The number of esters is 1. The molecule has 0 fully saturated rings. The Balaban J connectivity index is 2.14. The number of amides is 1. The number of carbonyl (C=O) groups is 2. The van der Waals surface area contributed by atoms with Crippen LogP contribution in [-0.4, -0.2) is 35.2 Å². The highest BCUT2D eigenvalue weighted by Gasteiger charge is 2.26. The van der Waals surface area contributed by atoms with Gasteiger partial charge in [-0.25, -0.2) is 4.79 Å². The molecule has 10 nitrogen and oxygen atoms in total. The molecule has 1 heterocycles. The molecule has 0 radical (unpaired) electrons. The summed E-state index contributed by atoms with van der Waals surface area (Å²) < 4.78 is 15.2. The lowest BCUT2D eigenvalue weighted by molar-refractivity contribution is -0.384. The van der Waals surface area contributed by atoms with Crippen LogP contribution in [0.2, 0.25) is 0 Å². The zero-order valence-electron chi connectivity index (χ0n) is 15.3. The molecule has 0 aliphatic carbocycles. The molecule has 2 rings (SSSR count). The number of hydrogen-bond donors (Lipinski definition) is 1. The molecule has 0 spiro atoms. The van der Waals surface area contributed by atoms with Crippen molar-refractivity contribution in [2.75, 3.05) is 12.4 Å². The highest BCUT2D eigenvalue weighted by molar-refractivity contribution is 5.99. The molecule has 1 aromatic carbocycles. The Bertz CT molecular complexity index is 875. The van der Waals surface area contributed by atoms with Crippen molar-refractivity contribution in [1.82, 2.24) is 5.16 Å². The maximum Gasteiger partial charge on any atom is 0.344 e. The van der Waals surface area contributed by atoms with E-state index in [2.05, 4.69) is 10.5 Å². The van der Waals surface area contributed by atoms with E-state index < -0.39 is 22.9 Å². The van der Waals surface area contributed by atoms with Crippen LogP contribution >= 0.6 is 0 Å². The van der Waals surface area contributed by atoms with E-state index in [4.69, 9.17) is 14.0 Å². The zero-order valence-corrected chi connectivity index (χ0v) is 15.3. The lowest BCUT2D eigenvalue weighted by Crippen LogP contribution is -2.30. The van der Waals surface area contributed by atoms with E-state index in [-0.39, 0.29) is 22.7 Å². The van der Waals surface area contributed by atoms with Gasteiger partial charge in [-0.1, -0.05) is 12.1 Å². The van der Waals surface area contributed by atoms with Gasteiger partial charge in [0.25, 0.3) is 11.6 Å². The van der Waals surface area contributed by atoms with Crippen LogP contribution in [-0.2, 0) is 16.0 Å². The van der Waals surface area contributed by atoms with E-state index in [1.54, 1.807) is 13.8 Å². The highest BCUT2D eigenvalue weighted by Crippen LogP contribution is 2.29. The van der Waals surface area contributed by atoms with E-state index in [0.717, 1.165) is 6.07 Å². The quantitative estimate of drug-likeness (QED) is 0.442. The number of ether oxygens (including phenoxy) is 2. The maximum absolute atomic E-state index is 12.4. The summed E-state index contributed by atoms with van der Waals surface area (Å²) in [5.74, 6) is -0.881. The summed E-state index contributed by atoms with van der Waals surface area (Å²) in [6.07, 6.45) is -0.701. The SMILES string of the molecule is CCc1noc(C)c1C(=O)O[C@@H](C)C(=O)Nc1cc([N+](=O)[O-])ccc1OC. The number of non-ortho nitro benzene ring substituents is 1. The first-order chi connectivity index (χ1) is 12.8. The van der Waals surface area contributed by atoms with Crippen molar-refractivity contribution >= 4 is 23.3 Å². The number of methoxy groups -OCH3 is 1. The number of nitrogens with one attached hydrogen (secondary N) is 1. The molecule has 0 unspecified atom stereocenters. The number of aryl methyl sites for hydroxylation is 2. The summed E-state index contributed by atoms with van der Waals surface area (Å²) in [6.45, 7) is 4.76. The van der Waals surface area contributed by atoms with Gasteiger partial charge in [0.2, 0.25) is 0 Å². The average molecular weight is 377 g/mol. The lowest BCUT2D eigenvalue weighted by Gasteiger charge is -2.15. The molecule has 1 N–H and O–H groups in total. The van der Waals surface area contributed by atoms with Gasteiger partial charge in [0.05, 0.1) is 23.4 Å². The number of nitro groups is 1. The molecule has 2 aromatic rings. The fraction of sp³-hybridized carbons (Fsp3) is 0.353. The number of nitrogens with zero attached hydrogens (tertiary/aromatic N) is 2. The first-order valence-electron chi connectivity index (χ1n) is 8.07. The number of rotatable bonds is 7. The van der Waals surface area contributed by atoms with Crippen LogP contribution in [0.1, 0.15) is 35.7 Å². The first-order valence-corrected chi connectivity index (χ1v) is 8.07. The van der Waals surface area contributed by atoms with Gasteiger partial charge in [-0.15, -0.1) is 0 Å². The fourth-order valence-corrected chi connectivity index (χ4v) is 2.34. The van der Waals surface area contributed by atoms with Crippen LogP contribution in [0.5, 0.6) is 5.75 Å². The van der Waals surface area contributed by atoms with Crippen molar-refractivity contribution in [2.45, 2.75) is 33.3 Å². The molecular formula is C17H19N3O7. The second kappa shape index (κ2) is 8.30. The Kier molecular flexibility index (Phi) is 6.11. The van der Waals surface area contributed by atoms with Gasteiger partial charge in [0.15, 0.2) is 6.10 Å². The van der Waals surface area contributed by atoms with Crippen molar-refractivity contribution in [3.8, 4) is 5.75 Å². The number of carbonyl (C=O) groups excluding carboxylic acids is 2.